The van der Waals surface area contributed by atoms with Crippen LogP contribution in [0.5, 0.6) is 0 Å². The van der Waals surface area contributed by atoms with Crippen LogP contribution in [0, 0.1) is 0 Å². The second-order valence-electron chi connectivity index (χ2n) is 6.58. The van der Waals surface area contributed by atoms with Crippen molar-refractivity contribution in [3.05, 3.63) is 80.6 Å². The van der Waals surface area contributed by atoms with Crippen LogP contribution in [0.4, 0.5) is 5.82 Å². The molecule has 1 aliphatic rings. The van der Waals surface area contributed by atoms with Gasteiger partial charge in [-0.05, 0) is 39.7 Å². The molecule has 3 aromatic carbocycles. The average Bonchev–Trinajstić information content (AvgIpc) is 2.96. The fourth-order valence-electron chi connectivity index (χ4n) is 3.73. The van der Waals surface area contributed by atoms with Crippen LogP contribution < -0.4 is 16.6 Å². The summed E-state index contributed by atoms with van der Waals surface area (Å²) >= 11 is 3.60. The maximum Gasteiger partial charge on any atom is 0.262 e. The Hall–Kier alpha value is -3.45. The molecule has 0 bridgehead atoms. The van der Waals surface area contributed by atoms with Gasteiger partial charge in [-0.25, -0.2) is 0 Å². The number of aromatic nitrogens is 1. The Labute approximate surface area is 166 Å². The highest BCUT2D eigenvalue weighted by Gasteiger charge is 2.31. The molecule has 1 aromatic heterocycles. The number of pyridine rings is 1. The van der Waals surface area contributed by atoms with Crippen LogP contribution in [0.2, 0.25) is 0 Å². The number of imide groups is 1. The standard InChI is InChI=1S/C21H12BrN3O3/c22-16-7-10-5-6-11(8-14(10)12-3-1-2-4-13(12)16)25-17(26)9-15-18(19(25)23)21(28)24-20(15)27/h1-9H,23H2,(H,24,27,28). The molecule has 0 fully saturated rings. The quantitative estimate of drug-likeness (QED) is 0.355. The molecule has 0 atom stereocenters. The first-order chi connectivity index (χ1) is 13.5. The van der Waals surface area contributed by atoms with Crippen molar-refractivity contribution in [1.82, 2.24) is 9.88 Å². The summed E-state index contributed by atoms with van der Waals surface area (Å²) in [6, 6.07) is 16.6. The molecule has 6 nitrogen and oxygen atoms in total. The van der Waals surface area contributed by atoms with Crippen molar-refractivity contribution in [2.75, 3.05) is 5.73 Å². The van der Waals surface area contributed by atoms with Gasteiger partial charge in [-0.15, -0.1) is 0 Å². The zero-order valence-corrected chi connectivity index (χ0v) is 15.9. The predicted octanol–water partition coefficient (Wildman–Crippen LogP) is 3.37. The first kappa shape index (κ1) is 16.7. The fourth-order valence-corrected chi connectivity index (χ4v) is 4.32. The van der Waals surface area contributed by atoms with Crippen LogP contribution in [-0.2, 0) is 0 Å². The third-order valence-electron chi connectivity index (χ3n) is 5.01. The normalized spacial score (nSPS) is 13.2. The van der Waals surface area contributed by atoms with Crippen LogP contribution >= 0.6 is 15.9 Å². The van der Waals surface area contributed by atoms with Gasteiger partial charge in [-0.1, -0.05) is 46.3 Å². The smallest absolute Gasteiger partial charge is 0.262 e. The van der Waals surface area contributed by atoms with Crippen molar-refractivity contribution in [2.45, 2.75) is 0 Å². The van der Waals surface area contributed by atoms with E-state index in [0.717, 1.165) is 32.1 Å². The van der Waals surface area contributed by atoms with Gasteiger partial charge < -0.3 is 5.73 Å². The number of hydrogen-bond acceptors (Lipinski definition) is 4. The van der Waals surface area contributed by atoms with Gasteiger partial charge in [0.15, 0.2) is 0 Å². The molecule has 28 heavy (non-hydrogen) atoms. The second kappa shape index (κ2) is 5.77. The summed E-state index contributed by atoms with van der Waals surface area (Å²) in [4.78, 5) is 36.6. The van der Waals surface area contributed by atoms with E-state index >= 15 is 0 Å². The predicted molar refractivity (Wildman–Crippen MR) is 111 cm³/mol. The monoisotopic (exact) mass is 433 g/mol. The molecule has 5 rings (SSSR count). The minimum absolute atomic E-state index is 0.0129. The first-order valence-corrected chi connectivity index (χ1v) is 9.27. The van der Waals surface area contributed by atoms with Crippen LogP contribution in [-0.4, -0.2) is 16.4 Å². The maximum atomic E-state index is 12.7. The molecule has 0 unspecified atom stereocenters. The van der Waals surface area contributed by atoms with Gasteiger partial charge in [0.2, 0.25) is 0 Å². The summed E-state index contributed by atoms with van der Waals surface area (Å²) in [6.07, 6.45) is 0. The number of fused-ring (bicyclic) bond motifs is 4. The average molecular weight is 434 g/mol. The highest BCUT2D eigenvalue weighted by molar-refractivity contribution is 9.10. The lowest BCUT2D eigenvalue weighted by molar-refractivity contribution is 0.0880. The number of benzene rings is 3. The van der Waals surface area contributed by atoms with Crippen molar-refractivity contribution < 1.29 is 9.59 Å². The maximum absolute atomic E-state index is 12.7. The number of carbonyl (C=O) groups is 2. The summed E-state index contributed by atoms with van der Waals surface area (Å²) in [5.41, 5.74) is 6.24. The SMILES string of the molecule is Nc1c2c(cc(=O)n1-c1ccc3cc(Br)c4ccccc4c3c1)C(=O)NC2=O. The summed E-state index contributed by atoms with van der Waals surface area (Å²) in [6.45, 7) is 0. The van der Waals surface area contributed by atoms with Gasteiger partial charge in [-0.2, -0.15) is 0 Å². The third kappa shape index (κ3) is 2.23. The van der Waals surface area contributed by atoms with Crippen LogP contribution in [0.3, 0.4) is 0 Å². The molecule has 2 heterocycles. The molecule has 2 amide bonds. The Balaban J connectivity index is 1.84. The van der Waals surface area contributed by atoms with Crippen molar-refractivity contribution in [2.24, 2.45) is 0 Å². The largest absolute Gasteiger partial charge is 0.384 e. The molecule has 1 aliphatic heterocycles. The van der Waals surface area contributed by atoms with E-state index in [9.17, 15) is 14.4 Å². The van der Waals surface area contributed by atoms with E-state index in [0.29, 0.717) is 5.69 Å². The number of nitrogen functional groups attached to an aromatic ring is 1. The van der Waals surface area contributed by atoms with E-state index < -0.39 is 17.4 Å². The molecule has 136 valence electrons. The molecule has 3 N–H and O–H groups in total. The number of hydrogen-bond donors (Lipinski definition) is 2. The summed E-state index contributed by atoms with van der Waals surface area (Å²) in [5.74, 6) is -1.25. The molecule has 0 spiro atoms. The van der Waals surface area contributed by atoms with E-state index in [4.69, 9.17) is 5.73 Å². The molecule has 0 saturated carbocycles. The number of halogens is 1. The Kier molecular flexibility index (Phi) is 3.44. The lowest BCUT2D eigenvalue weighted by atomic mass is 10.0. The molecule has 0 aliphatic carbocycles. The van der Waals surface area contributed by atoms with Gasteiger partial charge in [0, 0.05) is 10.5 Å². The molecular formula is C21H12BrN3O3. The summed E-state index contributed by atoms with van der Waals surface area (Å²) in [7, 11) is 0. The van der Waals surface area contributed by atoms with Gasteiger partial charge >= 0.3 is 0 Å². The molecule has 4 aromatic rings. The molecular weight excluding hydrogens is 422 g/mol. The Morgan fingerprint density at radius 3 is 2.39 bits per heavy atom. The second-order valence-corrected chi connectivity index (χ2v) is 7.44. The third-order valence-corrected chi connectivity index (χ3v) is 5.66. The molecule has 0 saturated heterocycles. The number of nitrogens with two attached hydrogens (primary N) is 1. The van der Waals surface area contributed by atoms with E-state index in [-0.39, 0.29) is 16.9 Å². The number of anilines is 1. The zero-order chi connectivity index (χ0) is 19.6. The van der Waals surface area contributed by atoms with E-state index in [1.807, 2.05) is 42.5 Å². The Bertz CT molecular complexity index is 1420. The Morgan fingerprint density at radius 2 is 1.61 bits per heavy atom. The topological polar surface area (TPSA) is 94.2 Å². The number of carbonyl (C=O) groups excluding carboxylic acids is 2. The van der Waals surface area contributed by atoms with Crippen LogP contribution in [0.25, 0.3) is 27.2 Å². The van der Waals surface area contributed by atoms with Crippen molar-refractivity contribution in [1.29, 1.82) is 0 Å². The first-order valence-electron chi connectivity index (χ1n) is 8.48. The highest BCUT2D eigenvalue weighted by Crippen LogP contribution is 2.33. The zero-order valence-electron chi connectivity index (χ0n) is 14.3. The lowest BCUT2D eigenvalue weighted by Crippen LogP contribution is -2.24. The number of nitrogens with one attached hydrogen (secondary N) is 1. The van der Waals surface area contributed by atoms with Gasteiger partial charge in [0.1, 0.15) is 5.82 Å². The van der Waals surface area contributed by atoms with Crippen LogP contribution in [0.1, 0.15) is 20.7 Å². The van der Waals surface area contributed by atoms with E-state index in [2.05, 4.69) is 21.2 Å². The Morgan fingerprint density at radius 1 is 0.857 bits per heavy atom. The minimum Gasteiger partial charge on any atom is -0.384 e. The van der Waals surface area contributed by atoms with Gasteiger partial charge in [-0.3, -0.25) is 24.3 Å². The van der Waals surface area contributed by atoms with Crippen molar-refractivity contribution >= 4 is 55.1 Å². The number of rotatable bonds is 1. The highest BCUT2D eigenvalue weighted by atomic mass is 79.9. The minimum atomic E-state index is -0.606. The van der Waals surface area contributed by atoms with Crippen molar-refractivity contribution in [3.8, 4) is 5.69 Å². The van der Waals surface area contributed by atoms with Crippen LogP contribution in [0.15, 0.2) is 63.9 Å². The fraction of sp³-hybridized carbons (Fsp3) is 0. The molecule has 7 heteroatoms. The summed E-state index contributed by atoms with van der Waals surface area (Å²) in [5, 5.41) is 6.19. The van der Waals surface area contributed by atoms with Crippen molar-refractivity contribution in [3.63, 3.8) is 0 Å². The van der Waals surface area contributed by atoms with Gasteiger partial charge in [0.05, 0.1) is 16.8 Å². The number of nitrogens with zero attached hydrogens (tertiary/aromatic N) is 1. The van der Waals surface area contributed by atoms with E-state index in [1.54, 1.807) is 6.07 Å². The summed E-state index contributed by atoms with van der Waals surface area (Å²) < 4.78 is 2.24. The molecule has 0 radical (unpaired) electrons. The number of amides is 2. The van der Waals surface area contributed by atoms with Gasteiger partial charge in [0.25, 0.3) is 17.4 Å². The lowest BCUT2D eigenvalue weighted by Gasteiger charge is -2.14. The van der Waals surface area contributed by atoms with E-state index in [1.165, 1.54) is 4.57 Å².